The molecule has 144 valence electrons. The second kappa shape index (κ2) is 63.1. The van der Waals surface area contributed by atoms with E-state index in [4.69, 9.17) is 19.3 Å². The first-order valence-corrected chi connectivity index (χ1v) is 7.09. The molecule has 3 heterocycles. The smallest absolute Gasteiger partial charge is 0.878 e. The van der Waals surface area contributed by atoms with Crippen molar-refractivity contribution in [3.63, 3.8) is 0 Å². The summed E-state index contributed by atoms with van der Waals surface area (Å²) in [5.74, 6) is 0. The Morgan fingerprint density at radius 1 is 0.704 bits per heavy atom. The van der Waals surface area contributed by atoms with Crippen molar-refractivity contribution in [1.82, 2.24) is 0 Å². The standard InChI is InChI=1S/C4H8O.2C4H7O.C2H4O.C2H4.2CH4.CH3.4Li/c3*1-2-4-5-3-1;1-2-3;1-2;;;;;;;/h1-4H2;2*3H,1-2,4H2;2-3H,1H2;1-2H2;2*1H4;1H3;;;;/q;2*-1;;;;;-1;4*+1/p-1. The third-order valence-corrected chi connectivity index (χ3v) is 2.23. The van der Waals surface area contributed by atoms with E-state index in [1.807, 2.05) is 13.2 Å². The van der Waals surface area contributed by atoms with Crippen LogP contribution in [0.4, 0.5) is 0 Å². The SMILES string of the molecule is C.C.C1CCOC1.C=C.C=C[O-].[CH-]1CCCO1.[CH-]1CCCO1.[CH3-].[Li+].[Li+].[Li+].[Li+]. The van der Waals surface area contributed by atoms with Crippen molar-refractivity contribution >= 4 is 0 Å². The summed E-state index contributed by atoms with van der Waals surface area (Å²) in [6, 6.07) is 0. The maximum absolute atomic E-state index is 8.69. The van der Waals surface area contributed by atoms with Gasteiger partial charge in [-0.2, -0.15) is 19.1 Å². The second-order valence-electron chi connectivity index (χ2n) is 3.85. The minimum Gasteiger partial charge on any atom is -0.878 e. The van der Waals surface area contributed by atoms with Gasteiger partial charge in [-0.05, 0) is 12.8 Å². The molecule has 3 fully saturated rings. The van der Waals surface area contributed by atoms with E-state index in [1.165, 1.54) is 25.7 Å². The summed E-state index contributed by atoms with van der Waals surface area (Å²) in [5.41, 5.74) is 0. The van der Waals surface area contributed by atoms with Crippen LogP contribution in [0.3, 0.4) is 0 Å². The van der Waals surface area contributed by atoms with Gasteiger partial charge in [-0.3, -0.25) is 0 Å². The summed E-state index contributed by atoms with van der Waals surface area (Å²) in [5, 5.41) is 8.69. The molecule has 3 rings (SSSR count). The molecule has 0 spiro atoms. The first-order chi connectivity index (χ1) is 9.91. The normalized spacial score (nSPS) is 13.9. The molecule has 0 aliphatic carbocycles. The van der Waals surface area contributed by atoms with Gasteiger partial charge in [-0.1, -0.05) is 27.7 Å². The average Bonchev–Trinajstić information content (AvgIpc) is 3.29. The number of hydrogen-bond acceptors (Lipinski definition) is 4. The van der Waals surface area contributed by atoms with E-state index >= 15 is 0 Å². The van der Waals surface area contributed by atoms with Crippen LogP contribution in [0, 0.1) is 20.6 Å². The molecule has 0 aromatic heterocycles. The van der Waals surface area contributed by atoms with Crippen molar-refractivity contribution < 1.29 is 94.8 Å². The molecule has 0 N–H and O–H groups in total. The Kier molecular flexibility index (Phi) is 132. The predicted octanol–water partition coefficient (Wildman–Crippen LogP) is -7.26. The van der Waals surface area contributed by atoms with Crippen molar-refractivity contribution in [2.45, 2.75) is 53.4 Å². The van der Waals surface area contributed by atoms with Gasteiger partial charge in [0.25, 0.3) is 0 Å². The van der Waals surface area contributed by atoms with Crippen molar-refractivity contribution in [1.29, 1.82) is 0 Å². The van der Waals surface area contributed by atoms with E-state index in [2.05, 4.69) is 19.7 Å². The fourth-order valence-corrected chi connectivity index (χ4v) is 1.34. The molecule has 0 amide bonds. The third kappa shape index (κ3) is 65.7. The number of hydrogen-bond donors (Lipinski definition) is 0. The van der Waals surface area contributed by atoms with Crippen LogP contribution >= 0.6 is 0 Å². The van der Waals surface area contributed by atoms with Gasteiger partial charge >= 0.3 is 75.4 Å². The van der Waals surface area contributed by atoms with Crippen LogP contribution < -0.4 is 80.5 Å². The van der Waals surface area contributed by atoms with Gasteiger partial charge in [-0.25, -0.2) is 13.2 Å². The number of ether oxygens (including phenoxy) is 3. The van der Waals surface area contributed by atoms with E-state index in [9.17, 15) is 0 Å². The van der Waals surface area contributed by atoms with Gasteiger partial charge < -0.3 is 26.7 Å². The molecule has 3 aliphatic heterocycles. The zero-order valence-electron chi connectivity index (χ0n) is 17.6. The van der Waals surface area contributed by atoms with Crippen LogP contribution in [0.2, 0.25) is 0 Å². The Balaban J connectivity index is -0.0000000207. The van der Waals surface area contributed by atoms with Gasteiger partial charge in [-0.15, -0.1) is 19.7 Å². The fourth-order valence-electron chi connectivity index (χ4n) is 1.34. The monoisotopic (exact) mass is 360 g/mol. The third-order valence-electron chi connectivity index (χ3n) is 2.23. The van der Waals surface area contributed by atoms with Crippen molar-refractivity contribution in [3.05, 3.63) is 46.6 Å². The van der Waals surface area contributed by atoms with Gasteiger partial charge in [0.2, 0.25) is 0 Å². The van der Waals surface area contributed by atoms with Crippen LogP contribution in [0.1, 0.15) is 53.4 Å². The average molecular weight is 360 g/mol. The molecule has 0 atom stereocenters. The summed E-state index contributed by atoms with van der Waals surface area (Å²) in [7, 11) is 0. The second-order valence-corrected chi connectivity index (χ2v) is 3.85. The van der Waals surface area contributed by atoms with E-state index in [-0.39, 0.29) is 97.7 Å². The molecule has 8 heteroatoms. The van der Waals surface area contributed by atoms with Gasteiger partial charge in [0.05, 0.1) is 0 Å². The molecule has 3 aliphatic rings. The molecule has 0 bridgehead atoms. The van der Waals surface area contributed by atoms with Gasteiger partial charge in [0, 0.05) is 26.4 Å². The predicted molar refractivity (Wildman–Crippen MR) is 100 cm³/mol. The van der Waals surface area contributed by atoms with Gasteiger partial charge in [0.15, 0.2) is 0 Å². The molecular formula is C19H40Li4O4. The molecule has 0 radical (unpaired) electrons. The topological polar surface area (TPSA) is 50.8 Å². The number of rotatable bonds is 0. The molecule has 3 saturated heterocycles. The molecule has 0 aromatic rings. The summed E-state index contributed by atoms with van der Waals surface area (Å²) >= 11 is 0. The van der Waals surface area contributed by atoms with E-state index in [0.29, 0.717) is 6.26 Å². The minimum absolute atomic E-state index is 0. The molecule has 4 nitrogen and oxygen atoms in total. The first-order valence-electron chi connectivity index (χ1n) is 7.09. The van der Waals surface area contributed by atoms with E-state index < -0.39 is 0 Å². The molecular weight excluding hydrogens is 320 g/mol. The Morgan fingerprint density at radius 3 is 1.07 bits per heavy atom. The Bertz CT molecular complexity index is 132. The summed E-state index contributed by atoms with van der Waals surface area (Å²) in [4.78, 5) is 0. The van der Waals surface area contributed by atoms with Crippen LogP contribution in [0.5, 0.6) is 0 Å². The Hall–Kier alpha value is 1.55. The molecule has 0 unspecified atom stereocenters. The molecule has 0 saturated carbocycles. The van der Waals surface area contributed by atoms with E-state index in [1.54, 1.807) is 0 Å². The van der Waals surface area contributed by atoms with E-state index in [0.717, 1.165) is 39.3 Å². The summed E-state index contributed by atoms with van der Waals surface area (Å²) in [6.07, 6.45) is 7.81. The van der Waals surface area contributed by atoms with Crippen molar-refractivity contribution in [2.24, 2.45) is 0 Å². The summed E-state index contributed by atoms with van der Waals surface area (Å²) in [6.45, 7) is 16.4. The minimum atomic E-state index is 0. The van der Waals surface area contributed by atoms with Crippen LogP contribution in [0.25, 0.3) is 0 Å². The van der Waals surface area contributed by atoms with Crippen LogP contribution in [-0.2, 0) is 14.2 Å². The summed E-state index contributed by atoms with van der Waals surface area (Å²) < 4.78 is 14.6. The molecule has 27 heavy (non-hydrogen) atoms. The maximum Gasteiger partial charge on any atom is 1.00 e. The van der Waals surface area contributed by atoms with Gasteiger partial charge in [0.1, 0.15) is 0 Å². The zero-order valence-corrected chi connectivity index (χ0v) is 17.6. The molecule has 0 aromatic carbocycles. The Labute approximate surface area is 219 Å². The Morgan fingerprint density at radius 2 is 1.00 bits per heavy atom. The fraction of sp³-hybridized carbons (Fsp3) is 0.632. The quantitative estimate of drug-likeness (QED) is 0.187. The van der Waals surface area contributed by atoms with Crippen LogP contribution in [-0.4, -0.2) is 26.4 Å². The maximum atomic E-state index is 8.69. The van der Waals surface area contributed by atoms with Crippen molar-refractivity contribution in [2.75, 3.05) is 26.4 Å². The first kappa shape index (κ1) is 56.7. The van der Waals surface area contributed by atoms with Crippen LogP contribution in [0.15, 0.2) is 26.0 Å². The largest absolute Gasteiger partial charge is 1.00 e. The van der Waals surface area contributed by atoms with Crippen molar-refractivity contribution in [3.8, 4) is 0 Å². The zero-order chi connectivity index (χ0) is 15.3.